The van der Waals surface area contributed by atoms with E-state index in [1.165, 1.54) is 19.2 Å². The molecule has 4 nitrogen and oxygen atoms in total. The molecule has 0 saturated heterocycles. The third kappa shape index (κ3) is 4.95. The lowest BCUT2D eigenvalue weighted by molar-refractivity contribution is 0.661. The molecule has 0 bridgehead atoms. The summed E-state index contributed by atoms with van der Waals surface area (Å²) in [5, 5.41) is 3.74. The van der Waals surface area contributed by atoms with Gasteiger partial charge in [-0.05, 0) is 19.4 Å². The molecular formula is C10H17ClN4. The summed E-state index contributed by atoms with van der Waals surface area (Å²) in [4.78, 5) is 7.85. The van der Waals surface area contributed by atoms with Crippen LogP contribution in [0.4, 0.5) is 5.82 Å². The molecule has 3 N–H and O–H groups in total. The van der Waals surface area contributed by atoms with Gasteiger partial charge in [0, 0.05) is 6.54 Å². The van der Waals surface area contributed by atoms with Gasteiger partial charge >= 0.3 is 0 Å². The Labute approximate surface area is 95.3 Å². The van der Waals surface area contributed by atoms with Gasteiger partial charge in [0.05, 0.1) is 6.20 Å². The van der Waals surface area contributed by atoms with E-state index in [9.17, 15) is 0 Å². The molecule has 84 valence electrons. The molecule has 0 saturated carbocycles. The highest BCUT2D eigenvalue weighted by molar-refractivity contribution is 6.32. The minimum Gasteiger partial charge on any atom is -0.369 e. The lowest BCUT2D eigenvalue weighted by atomic mass is 10.2. The Morgan fingerprint density at radius 3 is 2.80 bits per heavy atom. The van der Waals surface area contributed by atoms with Crippen molar-refractivity contribution in [2.24, 2.45) is 5.73 Å². The molecule has 0 fully saturated rings. The quantitative estimate of drug-likeness (QED) is 0.702. The third-order valence-corrected chi connectivity index (χ3v) is 2.37. The molecule has 0 amide bonds. The number of anilines is 1. The van der Waals surface area contributed by atoms with Gasteiger partial charge in [0.25, 0.3) is 0 Å². The Morgan fingerprint density at radius 2 is 2.07 bits per heavy atom. The average molecular weight is 229 g/mol. The van der Waals surface area contributed by atoms with E-state index in [4.69, 9.17) is 17.3 Å². The molecular weight excluding hydrogens is 212 g/mol. The molecule has 0 aliphatic rings. The Bertz CT molecular complexity index is 280. The molecule has 5 heteroatoms. The number of nitrogens with one attached hydrogen (secondary N) is 1. The normalized spacial score (nSPS) is 10.3. The molecule has 0 radical (unpaired) electrons. The highest BCUT2D eigenvalue weighted by Crippen LogP contribution is 2.15. The fraction of sp³-hybridized carbons (Fsp3) is 0.600. The topological polar surface area (TPSA) is 63.8 Å². The van der Waals surface area contributed by atoms with Crippen LogP contribution >= 0.6 is 11.6 Å². The number of unbranched alkanes of at least 4 members (excludes halogenated alkanes) is 3. The molecule has 0 atom stereocenters. The summed E-state index contributed by atoms with van der Waals surface area (Å²) >= 11 is 5.88. The summed E-state index contributed by atoms with van der Waals surface area (Å²) in [6, 6.07) is 0. The molecule has 0 aliphatic heterocycles. The molecule has 1 heterocycles. The summed E-state index contributed by atoms with van der Waals surface area (Å²) in [6.07, 6.45) is 7.67. The third-order valence-electron chi connectivity index (χ3n) is 2.09. The van der Waals surface area contributed by atoms with Crippen molar-refractivity contribution in [3.8, 4) is 0 Å². The summed E-state index contributed by atoms with van der Waals surface area (Å²) in [6.45, 7) is 1.67. The first kappa shape index (κ1) is 12.2. The van der Waals surface area contributed by atoms with Gasteiger partial charge in [-0.25, -0.2) is 9.97 Å². The first-order valence-corrected chi connectivity index (χ1v) is 5.62. The maximum Gasteiger partial charge on any atom is 0.148 e. The van der Waals surface area contributed by atoms with E-state index in [-0.39, 0.29) is 0 Å². The Hall–Kier alpha value is -0.870. The zero-order chi connectivity index (χ0) is 10.9. The lowest BCUT2D eigenvalue weighted by Crippen LogP contribution is -2.04. The maximum atomic E-state index is 5.88. The van der Waals surface area contributed by atoms with Crippen molar-refractivity contribution in [3.05, 3.63) is 17.5 Å². The summed E-state index contributed by atoms with van der Waals surface area (Å²) in [5.41, 5.74) is 5.40. The van der Waals surface area contributed by atoms with Gasteiger partial charge in [0.15, 0.2) is 0 Å². The monoisotopic (exact) mass is 228 g/mol. The van der Waals surface area contributed by atoms with Gasteiger partial charge in [-0.15, -0.1) is 0 Å². The van der Waals surface area contributed by atoms with Gasteiger partial charge in [0.1, 0.15) is 17.2 Å². The van der Waals surface area contributed by atoms with E-state index < -0.39 is 0 Å². The van der Waals surface area contributed by atoms with Crippen LogP contribution < -0.4 is 11.1 Å². The fourth-order valence-electron chi connectivity index (χ4n) is 1.27. The van der Waals surface area contributed by atoms with Crippen molar-refractivity contribution in [2.75, 3.05) is 18.4 Å². The standard InChI is InChI=1S/C10H17ClN4/c11-9-7-13-8-15-10(9)14-6-4-2-1-3-5-12/h7-8H,1-6,12H2,(H,13,14,15). The summed E-state index contributed by atoms with van der Waals surface area (Å²) < 4.78 is 0. The highest BCUT2D eigenvalue weighted by atomic mass is 35.5. The first-order valence-electron chi connectivity index (χ1n) is 5.24. The number of nitrogens with zero attached hydrogens (tertiary/aromatic N) is 2. The van der Waals surface area contributed by atoms with Crippen LogP contribution in [0.5, 0.6) is 0 Å². The SMILES string of the molecule is NCCCCCCNc1ncncc1Cl. The van der Waals surface area contributed by atoms with Crippen LogP contribution in [0.25, 0.3) is 0 Å². The van der Waals surface area contributed by atoms with E-state index in [2.05, 4.69) is 15.3 Å². The molecule has 0 unspecified atom stereocenters. The average Bonchev–Trinajstić information content (AvgIpc) is 2.25. The highest BCUT2D eigenvalue weighted by Gasteiger charge is 1.98. The van der Waals surface area contributed by atoms with Gasteiger partial charge in [0.2, 0.25) is 0 Å². The van der Waals surface area contributed by atoms with Crippen LogP contribution in [0.3, 0.4) is 0 Å². The molecule has 0 spiro atoms. The number of hydrogen-bond acceptors (Lipinski definition) is 4. The molecule has 0 aliphatic carbocycles. The van der Waals surface area contributed by atoms with Crippen LogP contribution in [0.15, 0.2) is 12.5 Å². The van der Waals surface area contributed by atoms with Crippen molar-refractivity contribution in [2.45, 2.75) is 25.7 Å². The van der Waals surface area contributed by atoms with Gasteiger partial charge in [-0.3, -0.25) is 0 Å². The van der Waals surface area contributed by atoms with Crippen LogP contribution in [0.2, 0.25) is 5.02 Å². The minimum atomic E-state index is 0.569. The van der Waals surface area contributed by atoms with Crippen LogP contribution in [-0.2, 0) is 0 Å². The first-order chi connectivity index (χ1) is 7.34. The van der Waals surface area contributed by atoms with Crippen molar-refractivity contribution < 1.29 is 0 Å². The second kappa shape index (κ2) is 7.43. The zero-order valence-electron chi connectivity index (χ0n) is 8.75. The van der Waals surface area contributed by atoms with Crippen LogP contribution in [0, 0.1) is 0 Å². The number of rotatable bonds is 7. The number of aromatic nitrogens is 2. The molecule has 1 aromatic rings. The van der Waals surface area contributed by atoms with Crippen LogP contribution in [0.1, 0.15) is 25.7 Å². The molecule has 1 rings (SSSR count). The van der Waals surface area contributed by atoms with E-state index in [1.54, 1.807) is 6.20 Å². The lowest BCUT2D eigenvalue weighted by Gasteiger charge is -2.05. The fourth-order valence-corrected chi connectivity index (χ4v) is 1.44. The van der Waals surface area contributed by atoms with E-state index in [1.807, 2.05) is 0 Å². The van der Waals surface area contributed by atoms with E-state index >= 15 is 0 Å². The van der Waals surface area contributed by atoms with Crippen LogP contribution in [-0.4, -0.2) is 23.1 Å². The predicted molar refractivity (Wildman–Crippen MR) is 63.1 cm³/mol. The van der Waals surface area contributed by atoms with Crippen molar-refractivity contribution >= 4 is 17.4 Å². The van der Waals surface area contributed by atoms with Crippen molar-refractivity contribution in [1.82, 2.24) is 9.97 Å². The summed E-state index contributed by atoms with van der Waals surface area (Å²) in [7, 11) is 0. The van der Waals surface area contributed by atoms with Gasteiger partial charge < -0.3 is 11.1 Å². The molecule has 15 heavy (non-hydrogen) atoms. The minimum absolute atomic E-state index is 0.569. The second-order valence-electron chi connectivity index (χ2n) is 3.35. The molecule has 1 aromatic heterocycles. The smallest absolute Gasteiger partial charge is 0.148 e. The predicted octanol–water partition coefficient (Wildman–Crippen LogP) is 2.06. The Kier molecular flexibility index (Phi) is 6.04. The summed E-state index contributed by atoms with van der Waals surface area (Å²) in [5.74, 6) is 0.713. The molecule has 0 aromatic carbocycles. The van der Waals surface area contributed by atoms with Crippen molar-refractivity contribution in [1.29, 1.82) is 0 Å². The van der Waals surface area contributed by atoms with E-state index in [0.717, 1.165) is 25.9 Å². The largest absolute Gasteiger partial charge is 0.369 e. The second-order valence-corrected chi connectivity index (χ2v) is 3.76. The number of nitrogens with two attached hydrogens (primary N) is 1. The zero-order valence-corrected chi connectivity index (χ0v) is 9.50. The Balaban J connectivity index is 2.12. The Morgan fingerprint density at radius 1 is 1.27 bits per heavy atom. The van der Waals surface area contributed by atoms with Gasteiger partial charge in [-0.2, -0.15) is 0 Å². The number of halogens is 1. The number of hydrogen-bond donors (Lipinski definition) is 2. The maximum absolute atomic E-state index is 5.88. The van der Waals surface area contributed by atoms with Gasteiger partial charge in [-0.1, -0.05) is 24.4 Å². The van der Waals surface area contributed by atoms with E-state index in [0.29, 0.717) is 10.8 Å². The van der Waals surface area contributed by atoms with Crippen molar-refractivity contribution in [3.63, 3.8) is 0 Å².